The van der Waals surface area contributed by atoms with Gasteiger partial charge in [0, 0.05) is 6.42 Å². The molecule has 0 N–H and O–H groups in total. The van der Waals surface area contributed by atoms with E-state index in [-0.39, 0.29) is 23.3 Å². The summed E-state index contributed by atoms with van der Waals surface area (Å²) in [6, 6.07) is 19.5. The Labute approximate surface area is 217 Å². The zero-order chi connectivity index (χ0) is 25.8. The summed E-state index contributed by atoms with van der Waals surface area (Å²) in [6.07, 6.45) is 0.398. The number of carbonyl (C=O) groups excluding carboxylic acids is 1. The molecule has 0 spiro atoms. The minimum absolute atomic E-state index is 0.0229. The number of nitrogens with zero attached hydrogens (tertiary/aromatic N) is 1. The third-order valence-electron chi connectivity index (χ3n) is 5.68. The third kappa shape index (κ3) is 6.53. The SMILES string of the molecule is Cc1ccc(C)c(N(C(=O)CCCOc2ccc(C(C)(C)C)cc2Br)S(=O)(=O)c2ccccc2)c1. The van der Waals surface area contributed by atoms with E-state index < -0.39 is 15.9 Å². The van der Waals surface area contributed by atoms with Crippen molar-refractivity contribution in [3.05, 3.63) is 87.9 Å². The summed E-state index contributed by atoms with van der Waals surface area (Å²) in [5.41, 5.74) is 3.17. The van der Waals surface area contributed by atoms with E-state index in [0.717, 1.165) is 14.3 Å². The van der Waals surface area contributed by atoms with Crippen LogP contribution in [-0.4, -0.2) is 20.9 Å². The molecule has 0 saturated heterocycles. The van der Waals surface area contributed by atoms with E-state index in [9.17, 15) is 13.2 Å². The monoisotopic (exact) mass is 557 g/mol. The number of hydrogen-bond acceptors (Lipinski definition) is 4. The summed E-state index contributed by atoms with van der Waals surface area (Å²) in [7, 11) is -4.07. The van der Waals surface area contributed by atoms with Gasteiger partial charge in [-0.1, -0.05) is 57.2 Å². The second kappa shape index (κ2) is 11.0. The summed E-state index contributed by atoms with van der Waals surface area (Å²) < 4.78 is 34.7. The van der Waals surface area contributed by atoms with Crippen molar-refractivity contribution < 1.29 is 17.9 Å². The molecule has 0 unspecified atom stereocenters. The van der Waals surface area contributed by atoms with Gasteiger partial charge in [-0.25, -0.2) is 12.7 Å². The van der Waals surface area contributed by atoms with Crippen LogP contribution in [0.1, 0.15) is 50.3 Å². The number of rotatable bonds is 8. The molecular formula is C28H32BrNO4S. The minimum Gasteiger partial charge on any atom is -0.492 e. The van der Waals surface area contributed by atoms with Crippen LogP contribution in [0.5, 0.6) is 5.75 Å². The Morgan fingerprint density at radius 3 is 2.29 bits per heavy atom. The highest BCUT2D eigenvalue weighted by molar-refractivity contribution is 9.10. The van der Waals surface area contributed by atoms with Crippen LogP contribution in [0.3, 0.4) is 0 Å². The van der Waals surface area contributed by atoms with Crippen molar-refractivity contribution >= 4 is 37.5 Å². The average molecular weight is 559 g/mol. The van der Waals surface area contributed by atoms with Crippen LogP contribution in [0.25, 0.3) is 0 Å². The molecule has 0 aliphatic rings. The first-order valence-corrected chi connectivity index (χ1v) is 13.8. The molecular weight excluding hydrogens is 526 g/mol. The lowest BCUT2D eigenvalue weighted by Crippen LogP contribution is -2.37. The van der Waals surface area contributed by atoms with Gasteiger partial charge in [-0.2, -0.15) is 0 Å². The number of halogens is 1. The topological polar surface area (TPSA) is 63.7 Å². The number of ether oxygens (including phenoxy) is 1. The second-order valence-electron chi connectivity index (χ2n) is 9.61. The quantitative estimate of drug-likeness (QED) is 0.281. The van der Waals surface area contributed by atoms with Gasteiger partial charge in [0.2, 0.25) is 5.91 Å². The van der Waals surface area contributed by atoms with Gasteiger partial charge in [-0.3, -0.25) is 4.79 Å². The Kier molecular flexibility index (Phi) is 8.44. The van der Waals surface area contributed by atoms with Crippen LogP contribution < -0.4 is 9.04 Å². The first-order chi connectivity index (χ1) is 16.4. The van der Waals surface area contributed by atoms with Gasteiger partial charge in [0.25, 0.3) is 10.0 Å². The Morgan fingerprint density at radius 2 is 1.66 bits per heavy atom. The zero-order valence-electron chi connectivity index (χ0n) is 20.8. The maximum atomic E-state index is 13.5. The van der Waals surface area contributed by atoms with Crippen LogP contribution in [-0.2, 0) is 20.2 Å². The summed E-state index contributed by atoms with van der Waals surface area (Å²) >= 11 is 3.56. The smallest absolute Gasteiger partial charge is 0.270 e. The highest BCUT2D eigenvalue weighted by atomic mass is 79.9. The molecule has 0 fully saturated rings. The number of amides is 1. The summed E-state index contributed by atoms with van der Waals surface area (Å²) in [6.45, 7) is 10.4. The Hall–Kier alpha value is -2.64. The van der Waals surface area contributed by atoms with Gasteiger partial charge in [0.15, 0.2) is 0 Å². The predicted molar refractivity (Wildman–Crippen MR) is 145 cm³/mol. The normalized spacial score (nSPS) is 11.8. The number of benzene rings is 3. The van der Waals surface area contributed by atoms with Crippen molar-refractivity contribution in [3.63, 3.8) is 0 Å². The lowest BCUT2D eigenvalue weighted by Gasteiger charge is -2.25. The van der Waals surface area contributed by atoms with Crippen molar-refractivity contribution in [2.75, 3.05) is 10.9 Å². The van der Waals surface area contributed by atoms with Crippen LogP contribution in [0.4, 0.5) is 5.69 Å². The number of hydrogen-bond donors (Lipinski definition) is 0. The zero-order valence-corrected chi connectivity index (χ0v) is 23.2. The van der Waals surface area contributed by atoms with Gasteiger partial charge in [-0.15, -0.1) is 0 Å². The molecule has 0 aliphatic carbocycles. The third-order valence-corrected chi connectivity index (χ3v) is 8.05. The molecule has 0 aromatic heterocycles. The van der Waals surface area contributed by atoms with E-state index in [4.69, 9.17) is 4.74 Å². The summed E-state index contributed by atoms with van der Waals surface area (Å²) in [5, 5.41) is 0. The summed E-state index contributed by atoms with van der Waals surface area (Å²) in [5.74, 6) is 0.196. The van der Waals surface area contributed by atoms with Crippen LogP contribution in [0.15, 0.2) is 76.1 Å². The molecule has 35 heavy (non-hydrogen) atoms. The van der Waals surface area contributed by atoms with Crippen LogP contribution in [0.2, 0.25) is 0 Å². The van der Waals surface area contributed by atoms with Gasteiger partial charge in [0.05, 0.1) is 21.7 Å². The molecule has 1 amide bonds. The highest BCUT2D eigenvalue weighted by Crippen LogP contribution is 2.32. The molecule has 0 bridgehead atoms. The van der Waals surface area contributed by atoms with Crippen molar-refractivity contribution in [2.24, 2.45) is 0 Å². The van der Waals surface area contributed by atoms with E-state index in [1.165, 1.54) is 17.7 Å². The lowest BCUT2D eigenvalue weighted by molar-refractivity contribution is -0.117. The van der Waals surface area contributed by atoms with Crippen molar-refractivity contribution in [3.8, 4) is 5.75 Å². The standard InChI is InChI=1S/C28H32BrNO4S/c1-20-13-14-21(2)25(18-20)30(35(32,33)23-10-7-6-8-11-23)27(31)12-9-17-34-26-16-15-22(19-24(26)29)28(3,4)5/h6-8,10-11,13-16,18-19H,9,12,17H2,1-5H3. The molecule has 0 aliphatic heterocycles. The fraction of sp³-hybridized carbons (Fsp3) is 0.321. The van der Waals surface area contributed by atoms with Gasteiger partial charge in [0.1, 0.15) is 5.75 Å². The van der Waals surface area contributed by atoms with Gasteiger partial charge >= 0.3 is 0 Å². The first-order valence-electron chi connectivity index (χ1n) is 11.5. The Bertz CT molecular complexity index is 1300. The van der Waals surface area contributed by atoms with Crippen molar-refractivity contribution in [1.82, 2.24) is 0 Å². The molecule has 3 aromatic rings. The van der Waals surface area contributed by atoms with Gasteiger partial charge < -0.3 is 4.74 Å². The number of aryl methyl sites for hydroxylation is 2. The fourth-order valence-electron chi connectivity index (χ4n) is 3.63. The molecule has 5 nitrogen and oxygen atoms in total. The average Bonchev–Trinajstić information content (AvgIpc) is 2.79. The van der Waals surface area contributed by atoms with E-state index in [1.807, 2.05) is 37.3 Å². The minimum atomic E-state index is -4.07. The Balaban J connectivity index is 1.78. The number of carbonyl (C=O) groups is 1. The van der Waals surface area contributed by atoms with Crippen LogP contribution in [0, 0.1) is 13.8 Å². The molecule has 0 radical (unpaired) electrons. The lowest BCUT2D eigenvalue weighted by atomic mass is 9.87. The fourth-order valence-corrected chi connectivity index (χ4v) is 5.65. The maximum absolute atomic E-state index is 13.5. The molecule has 3 rings (SSSR count). The van der Waals surface area contributed by atoms with Crippen molar-refractivity contribution in [2.45, 2.75) is 57.8 Å². The van der Waals surface area contributed by atoms with E-state index in [0.29, 0.717) is 23.4 Å². The molecule has 0 heterocycles. The maximum Gasteiger partial charge on any atom is 0.270 e. The van der Waals surface area contributed by atoms with E-state index >= 15 is 0 Å². The van der Waals surface area contributed by atoms with Gasteiger partial charge in [-0.05, 0) is 88.6 Å². The summed E-state index contributed by atoms with van der Waals surface area (Å²) in [4.78, 5) is 13.4. The highest BCUT2D eigenvalue weighted by Gasteiger charge is 2.31. The molecule has 0 atom stereocenters. The largest absolute Gasteiger partial charge is 0.492 e. The first kappa shape index (κ1) is 27.0. The second-order valence-corrected chi connectivity index (χ2v) is 12.3. The predicted octanol–water partition coefficient (Wildman–Crippen LogP) is 6.94. The van der Waals surface area contributed by atoms with Crippen molar-refractivity contribution in [1.29, 1.82) is 0 Å². The Morgan fingerprint density at radius 1 is 0.971 bits per heavy atom. The van der Waals surface area contributed by atoms with Crippen LogP contribution >= 0.6 is 15.9 Å². The van der Waals surface area contributed by atoms with E-state index in [1.54, 1.807) is 31.2 Å². The molecule has 0 saturated carbocycles. The molecule has 7 heteroatoms. The molecule has 3 aromatic carbocycles. The number of sulfonamides is 1. The van der Waals surface area contributed by atoms with E-state index in [2.05, 4.69) is 36.7 Å². The number of anilines is 1. The molecule has 186 valence electrons.